The zero-order chi connectivity index (χ0) is 21.6. The summed E-state index contributed by atoms with van der Waals surface area (Å²) in [7, 11) is -1.87. The van der Waals surface area contributed by atoms with Gasteiger partial charge < -0.3 is 9.47 Å². The zero-order valence-corrected chi connectivity index (χ0v) is 18.1. The first-order valence-corrected chi connectivity index (χ1v) is 11.5. The van der Waals surface area contributed by atoms with Crippen molar-refractivity contribution in [3.63, 3.8) is 0 Å². The molecule has 0 radical (unpaired) electrons. The van der Waals surface area contributed by atoms with Gasteiger partial charge in [-0.2, -0.15) is 0 Å². The molecule has 0 saturated carbocycles. The van der Waals surface area contributed by atoms with Crippen molar-refractivity contribution in [2.24, 2.45) is 0 Å². The number of amides is 1. The lowest BCUT2D eigenvalue weighted by Crippen LogP contribution is -2.20. The van der Waals surface area contributed by atoms with E-state index in [0.29, 0.717) is 16.5 Å². The van der Waals surface area contributed by atoms with Crippen LogP contribution in [0.15, 0.2) is 53.4 Å². The zero-order valence-electron chi connectivity index (χ0n) is 16.5. The molecule has 0 atom stereocenters. The van der Waals surface area contributed by atoms with Gasteiger partial charge in [-0.1, -0.05) is 35.1 Å². The van der Waals surface area contributed by atoms with Crippen molar-refractivity contribution >= 4 is 32.2 Å². The van der Waals surface area contributed by atoms with Crippen molar-refractivity contribution in [2.75, 3.05) is 24.8 Å². The molecule has 0 saturated heterocycles. The van der Waals surface area contributed by atoms with Crippen LogP contribution in [-0.4, -0.2) is 44.0 Å². The van der Waals surface area contributed by atoms with E-state index in [-0.39, 0.29) is 28.8 Å². The second kappa shape index (κ2) is 9.68. The fourth-order valence-electron chi connectivity index (χ4n) is 2.49. The monoisotopic (exact) mass is 447 g/mol. The van der Waals surface area contributed by atoms with Gasteiger partial charge in [-0.15, -0.1) is 10.2 Å². The van der Waals surface area contributed by atoms with Gasteiger partial charge in [0.2, 0.25) is 5.13 Å². The number of sulfone groups is 1. The van der Waals surface area contributed by atoms with Crippen LogP contribution in [0.3, 0.4) is 0 Å². The van der Waals surface area contributed by atoms with E-state index < -0.39 is 15.7 Å². The quantitative estimate of drug-likeness (QED) is 0.537. The van der Waals surface area contributed by atoms with Crippen LogP contribution in [0.2, 0.25) is 0 Å². The molecule has 0 fully saturated rings. The number of methoxy groups -OCH3 is 1. The Hall–Kier alpha value is -2.98. The Morgan fingerprint density at radius 3 is 2.57 bits per heavy atom. The van der Waals surface area contributed by atoms with E-state index in [1.54, 1.807) is 55.6 Å². The summed E-state index contributed by atoms with van der Waals surface area (Å²) in [6.45, 7) is 1.69. The summed E-state index contributed by atoms with van der Waals surface area (Å²) in [6.07, 6.45) is 0.212. The molecule has 1 aromatic heterocycles. The third kappa shape index (κ3) is 6.01. The minimum atomic E-state index is -3.41. The number of aromatic nitrogens is 2. The van der Waals surface area contributed by atoms with Gasteiger partial charge >= 0.3 is 0 Å². The first-order valence-electron chi connectivity index (χ1n) is 9.04. The standard InChI is InChI=1S/C20H21N3O5S2/c1-14-6-8-17(9-7-14)30(25,26)11-10-19-22-23-20(29-19)21-18(24)13-28-16-5-3-4-15(12-16)27-2/h3-9,12H,10-11,13H2,1-2H3,(H,21,23,24). The van der Waals surface area contributed by atoms with Gasteiger partial charge in [0.25, 0.3) is 5.91 Å². The minimum absolute atomic E-state index is 0.0857. The number of carbonyl (C=O) groups is 1. The normalized spacial score (nSPS) is 11.1. The smallest absolute Gasteiger partial charge is 0.264 e. The number of ether oxygens (including phenoxy) is 2. The molecule has 0 aliphatic carbocycles. The number of aryl methyl sites for hydroxylation is 2. The molecule has 30 heavy (non-hydrogen) atoms. The van der Waals surface area contributed by atoms with Crippen molar-refractivity contribution in [3.8, 4) is 11.5 Å². The number of nitrogens with zero attached hydrogens (tertiary/aromatic N) is 2. The molecule has 1 amide bonds. The molecule has 0 spiro atoms. The number of nitrogens with one attached hydrogen (secondary N) is 1. The van der Waals surface area contributed by atoms with E-state index in [2.05, 4.69) is 15.5 Å². The molecule has 3 rings (SSSR count). The Bertz CT molecular complexity index is 1110. The minimum Gasteiger partial charge on any atom is -0.497 e. The van der Waals surface area contributed by atoms with Crippen LogP contribution in [0.25, 0.3) is 0 Å². The van der Waals surface area contributed by atoms with Crippen LogP contribution in [0, 0.1) is 6.92 Å². The molecule has 8 nitrogen and oxygen atoms in total. The molecule has 0 aliphatic rings. The van der Waals surface area contributed by atoms with Gasteiger partial charge in [0.05, 0.1) is 17.8 Å². The van der Waals surface area contributed by atoms with Crippen LogP contribution in [0.4, 0.5) is 5.13 Å². The SMILES string of the molecule is COc1cccc(OCC(=O)Nc2nnc(CCS(=O)(=O)c3ccc(C)cc3)s2)c1. The van der Waals surface area contributed by atoms with Crippen molar-refractivity contribution in [1.82, 2.24) is 10.2 Å². The summed E-state index contributed by atoms with van der Waals surface area (Å²) >= 11 is 1.13. The fourth-order valence-corrected chi connectivity index (χ4v) is 4.62. The summed E-state index contributed by atoms with van der Waals surface area (Å²) in [5, 5.41) is 11.3. The Labute approximate surface area is 178 Å². The maximum atomic E-state index is 12.4. The number of benzene rings is 2. The number of hydrogen-bond acceptors (Lipinski definition) is 8. The Balaban J connectivity index is 1.50. The van der Waals surface area contributed by atoms with Crippen LogP contribution >= 0.6 is 11.3 Å². The largest absolute Gasteiger partial charge is 0.497 e. The van der Waals surface area contributed by atoms with E-state index in [4.69, 9.17) is 9.47 Å². The molecular weight excluding hydrogens is 426 g/mol. The van der Waals surface area contributed by atoms with E-state index >= 15 is 0 Å². The van der Waals surface area contributed by atoms with E-state index in [1.165, 1.54) is 0 Å². The molecule has 0 unspecified atom stereocenters. The maximum absolute atomic E-state index is 12.4. The average molecular weight is 448 g/mol. The second-order valence-electron chi connectivity index (χ2n) is 6.40. The predicted octanol–water partition coefficient (Wildman–Crippen LogP) is 2.89. The topological polar surface area (TPSA) is 107 Å². The van der Waals surface area contributed by atoms with E-state index in [0.717, 1.165) is 16.9 Å². The van der Waals surface area contributed by atoms with Gasteiger partial charge in [-0.25, -0.2) is 8.42 Å². The Morgan fingerprint density at radius 1 is 1.10 bits per heavy atom. The summed E-state index contributed by atoms with van der Waals surface area (Å²) in [4.78, 5) is 12.3. The Kier molecular flexibility index (Phi) is 7.01. The van der Waals surface area contributed by atoms with Crippen LogP contribution in [-0.2, 0) is 21.1 Å². The molecule has 1 heterocycles. The molecule has 0 aliphatic heterocycles. The number of rotatable bonds is 9. The van der Waals surface area contributed by atoms with Gasteiger partial charge in [-0.05, 0) is 31.2 Å². The number of carbonyl (C=O) groups excluding carboxylic acids is 1. The van der Waals surface area contributed by atoms with Crippen molar-refractivity contribution in [3.05, 3.63) is 59.1 Å². The molecule has 158 valence electrons. The van der Waals surface area contributed by atoms with Crippen molar-refractivity contribution < 1.29 is 22.7 Å². The fraction of sp³-hybridized carbons (Fsp3) is 0.250. The highest BCUT2D eigenvalue weighted by molar-refractivity contribution is 7.91. The lowest BCUT2D eigenvalue weighted by atomic mass is 10.2. The summed E-state index contributed by atoms with van der Waals surface area (Å²) < 4.78 is 35.4. The second-order valence-corrected chi connectivity index (χ2v) is 9.57. The highest BCUT2D eigenvalue weighted by Crippen LogP contribution is 2.20. The van der Waals surface area contributed by atoms with E-state index in [9.17, 15) is 13.2 Å². The number of hydrogen-bond donors (Lipinski definition) is 1. The van der Waals surface area contributed by atoms with Crippen LogP contribution in [0.1, 0.15) is 10.6 Å². The molecule has 2 aromatic carbocycles. The maximum Gasteiger partial charge on any atom is 0.264 e. The third-order valence-corrected chi connectivity index (χ3v) is 6.72. The lowest BCUT2D eigenvalue weighted by molar-refractivity contribution is -0.118. The highest BCUT2D eigenvalue weighted by Gasteiger charge is 2.16. The molecule has 10 heteroatoms. The first-order chi connectivity index (χ1) is 14.4. The van der Waals surface area contributed by atoms with Crippen LogP contribution < -0.4 is 14.8 Å². The summed E-state index contributed by atoms with van der Waals surface area (Å²) in [5.41, 5.74) is 0.994. The van der Waals surface area contributed by atoms with E-state index in [1.807, 2.05) is 6.92 Å². The van der Waals surface area contributed by atoms with Crippen LogP contribution in [0.5, 0.6) is 11.5 Å². The van der Waals surface area contributed by atoms with Gasteiger partial charge in [0.15, 0.2) is 16.4 Å². The average Bonchev–Trinajstić information content (AvgIpc) is 3.18. The molecule has 3 aromatic rings. The van der Waals surface area contributed by atoms with Gasteiger partial charge in [0.1, 0.15) is 16.5 Å². The lowest BCUT2D eigenvalue weighted by Gasteiger charge is -2.07. The van der Waals surface area contributed by atoms with Crippen molar-refractivity contribution in [1.29, 1.82) is 0 Å². The molecular formula is C20H21N3O5S2. The van der Waals surface area contributed by atoms with Gasteiger partial charge in [0, 0.05) is 12.5 Å². The first kappa shape index (κ1) is 21.7. The summed E-state index contributed by atoms with van der Waals surface area (Å²) in [6, 6.07) is 13.6. The molecule has 0 bridgehead atoms. The number of anilines is 1. The third-order valence-electron chi connectivity index (χ3n) is 4.09. The predicted molar refractivity (Wildman–Crippen MR) is 114 cm³/mol. The highest BCUT2D eigenvalue weighted by atomic mass is 32.2. The van der Waals surface area contributed by atoms with Crippen molar-refractivity contribution in [2.45, 2.75) is 18.2 Å². The molecule has 1 N–H and O–H groups in total. The summed E-state index contributed by atoms with van der Waals surface area (Å²) in [5.74, 6) is 0.649. The van der Waals surface area contributed by atoms with Gasteiger partial charge in [-0.3, -0.25) is 10.1 Å². The Morgan fingerprint density at radius 2 is 1.83 bits per heavy atom.